The van der Waals surface area contributed by atoms with Crippen LogP contribution in [-0.2, 0) is 0 Å². The first kappa shape index (κ1) is 14.8. The van der Waals surface area contributed by atoms with Crippen molar-refractivity contribution < 1.29 is 13.2 Å². The normalized spacial score (nSPS) is 16.4. The van der Waals surface area contributed by atoms with Crippen LogP contribution in [0.25, 0.3) is 0 Å². The van der Waals surface area contributed by atoms with Gasteiger partial charge < -0.3 is 5.32 Å². The number of alkyl halides is 3. The Balaban J connectivity index is 3.86. The predicted octanol–water partition coefficient (Wildman–Crippen LogP) is 3.74. The smallest absolute Gasteiger partial charge is 0.314 e. The Morgan fingerprint density at radius 2 is 1.80 bits per heavy atom. The zero-order chi connectivity index (χ0) is 11.9. The van der Waals surface area contributed by atoms with Crippen LogP contribution in [0.15, 0.2) is 0 Å². The molecular formula is C11H22F3N. The quantitative estimate of drug-likeness (QED) is 0.696. The summed E-state index contributed by atoms with van der Waals surface area (Å²) >= 11 is 0. The average molecular weight is 225 g/mol. The highest BCUT2D eigenvalue weighted by molar-refractivity contribution is 4.72. The van der Waals surface area contributed by atoms with E-state index in [-0.39, 0.29) is 12.5 Å². The first-order valence-electron chi connectivity index (χ1n) is 5.70. The fourth-order valence-corrected chi connectivity index (χ4v) is 1.66. The van der Waals surface area contributed by atoms with Gasteiger partial charge in [-0.2, -0.15) is 13.2 Å². The van der Waals surface area contributed by atoms with E-state index < -0.39 is 12.6 Å². The maximum atomic E-state index is 12.0. The summed E-state index contributed by atoms with van der Waals surface area (Å²) in [4.78, 5) is 0. The second-order valence-electron chi connectivity index (χ2n) is 4.06. The van der Waals surface area contributed by atoms with Crippen LogP contribution in [0.2, 0.25) is 0 Å². The number of nitrogens with one attached hydrogen (secondary N) is 1. The highest BCUT2D eigenvalue weighted by atomic mass is 19.4. The molecule has 1 nitrogen and oxygen atoms in total. The largest absolute Gasteiger partial charge is 0.389 e. The Kier molecular flexibility index (Phi) is 6.98. The van der Waals surface area contributed by atoms with Gasteiger partial charge in [0, 0.05) is 12.5 Å². The molecule has 92 valence electrons. The molecule has 0 aromatic carbocycles. The molecule has 0 fully saturated rings. The van der Waals surface area contributed by atoms with Crippen molar-refractivity contribution in [3.63, 3.8) is 0 Å². The monoisotopic (exact) mass is 225 g/mol. The number of rotatable bonds is 7. The van der Waals surface area contributed by atoms with Crippen molar-refractivity contribution in [2.75, 3.05) is 6.54 Å². The molecule has 15 heavy (non-hydrogen) atoms. The van der Waals surface area contributed by atoms with Crippen LogP contribution in [0.1, 0.15) is 46.5 Å². The van der Waals surface area contributed by atoms with Gasteiger partial charge in [-0.1, -0.05) is 27.2 Å². The molecule has 1 N–H and O–H groups in total. The maximum absolute atomic E-state index is 12.0. The lowest BCUT2D eigenvalue weighted by Crippen LogP contribution is -2.34. The SMILES string of the molecule is CCNC(CCCC(F)(F)F)C(C)CC. The molecule has 0 aliphatic heterocycles. The molecular weight excluding hydrogens is 203 g/mol. The molecule has 2 unspecified atom stereocenters. The molecule has 0 heterocycles. The molecule has 0 spiro atoms. The van der Waals surface area contributed by atoms with Gasteiger partial charge in [-0.15, -0.1) is 0 Å². The topological polar surface area (TPSA) is 12.0 Å². The maximum Gasteiger partial charge on any atom is 0.389 e. The minimum absolute atomic E-state index is 0.224. The third-order valence-electron chi connectivity index (χ3n) is 2.77. The summed E-state index contributed by atoms with van der Waals surface area (Å²) in [6.07, 6.45) is -2.82. The lowest BCUT2D eigenvalue weighted by molar-refractivity contribution is -0.136. The Morgan fingerprint density at radius 3 is 2.20 bits per heavy atom. The van der Waals surface area contributed by atoms with Crippen LogP contribution >= 0.6 is 0 Å². The van der Waals surface area contributed by atoms with Crippen molar-refractivity contribution in [3.05, 3.63) is 0 Å². The van der Waals surface area contributed by atoms with E-state index >= 15 is 0 Å². The summed E-state index contributed by atoms with van der Waals surface area (Å²) in [5.41, 5.74) is 0. The van der Waals surface area contributed by atoms with Crippen LogP contribution in [0.4, 0.5) is 13.2 Å². The Labute approximate surface area is 90.4 Å². The van der Waals surface area contributed by atoms with Gasteiger partial charge in [0.25, 0.3) is 0 Å². The molecule has 0 rings (SSSR count). The van der Waals surface area contributed by atoms with Crippen LogP contribution in [0.5, 0.6) is 0 Å². The van der Waals surface area contributed by atoms with E-state index in [9.17, 15) is 13.2 Å². The summed E-state index contributed by atoms with van der Waals surface area (Å²) in [7, 11) is 0. The summed E-state index contributed by atoms with van der Waals surface area (Å²) in [6.45, 7) is 6.96. The Hall–Kier alpha value is -0.250. The third-order valence-corrected chi connectivity index (χ3v) is 2.77. The van der Waals surface area contributed by atoms with Gasteiger partial charge >= 0.3 is 6.18 Å². The molecule has 0 saturated carbocycles. The van der Waals surface area contributed by atoms with Crippen molar-refractivity contribution in [3.8, 4) is 0 Å². The summed E-state index contributed by atoms with van der Waals surface area (Å²) in [6, 6.07) is 0.224. The van der Waals surface area contributed by atoms with Crippen LogP contribution < -0.4 is 5.32 Å². The molecule has 0 aromatic rings. The molecule has 0 bridgehead atoms. The lowest BCUT2D eigenvalue weighted by atomic mass is 9.94. The molecule has 0 aliphatic carbocycles. The van der Waals surface area contributed by atoms with Crippen molar-refractivity contribution in [2.45, 2.75) is 58.7 Å². The van der Waals surface area contributed by atoms with Gasteiger partial charge in [0.1, 0.15) is 0 Å². The third kappa shape index (κ3) is 7.65. The zero-order valence-electron chi connectivity index (χ0n) is 9.82. The minimum Gasteiger partial charge on any atom is -0.314 e. The van der Waals surface area contributed by atoms with Crippen LogP contribution in [-0.4, -0.2) is 18.8 Å². The highest BCUT2D eigenvalue weighted by Crippen LogP contribution is 2.24. The van der Waals surface area contributed by atoms with Crippen LogP contribution in [0, 0.1) is 5.92 Å². The molecule has 0 aromatic heterocycles. The number of halogens is 3. The van der Waals surface area contributed by atoms with Crippen molar-refractivity contribution in [1.82, 2.24) is 5.32 Å². The Bertz CT molecular complexity index is 156. The minimum atomic E-state index is -4.01. The molecule has 4 heteroatoms. The number of hydrogen-bond acceptors (Lipinski definition) is 1. The highest BCUT2D eigenvalue weighted by Gasteiger charge is 2.27. The Morgan fingerprint density at radius 1 is 1.20 bits per heavy atom. The van der Waals surface area contributed by atoms with E-state index in [0.717, 1.165) is 13.0 Å². The van der Waals surface area contributed by atoms with E-state index in [0.29, 0.717) is 12.3 Å². The van der Waals surface area contributed by atoms with Gasteiger partial charge in [-0.25, -0.2) is 0 Å². The van der Waals surface area contributed by atoms with Crippen molar-refractivity contribution in [1.29, 1.82) is 0 Å². The van der Waals surface area contributed by atoms with Crippen molar-refractivity contribution >= 4 is 0 Å². The predicted molar refractivity (Wildman–Crippen MR) is 56.8 cm³/mol. The molecule has 0 aliphatic rings. The summed E-state index contributed by atoms with van der Waals surface area (Å²) in [5.74, 6) is 0.443. The van der Waals surface area contributed by atoms with E-state index in [4.69, 9.17) is 0 Å². The van der Waals surface area contributed by atoms with Crippen LogP contribution in [0.3, 0.4) is 0 Å². The molecule has 2 atom stereocenters. The first-order valence-corrected chi connectivity index (χ1v) is 5.70. The summed E-state index contributed by atoms with van der Waals surface area (Å²) in [5, 5.41) is 3.25. The second-order valence-corrected chi connectivity index (χ2v) is 4.06. The standard InChI is InChI=1S/C11H22F3N/c1-4-9(3)10(15-5-2)7-6-8-11(12,13)14/h9-10,15H,4-8H2,1-3H3. The average Bonchev–Trinajstić information content (AvgIpc) is 2.13. The molecule has 0 amide bonds. The van der Waals surface area contributed by atoms with Gasteiger partial charge in [-0.05, 0) is 25.3 Å². The second kappa shape index (κ2) is 7.09. The molecule has 0 saturated heterocycles. The van der Waals surface area contributed by atoms with Gasteiger partial charge in [0.2, 0.25) is 0 Å². The van der Waals surface area contributed by atoms with E-state index in [1.165, 1.54) is 0 Å². The first-order chi connectivity index (χ1) is 6.90. The van der Waals surface area contributed by atoms with Gasteiger partial charge in [0.15, 0.2) is 0 Å². The van der Waals surface area contributed by atoms with Gasteiger partial charge in [0.05, 0.1) is 0 Å². The summed E-state index contributed by atoms with van der Waals surface area (Å²) < 4.78 is 35.9. The van der Waals surface area contributed by atoms with E-state index in [2.05, 4.69) is 19.2 Å². The molecule has 0 radical (unpaired) electrons. The lowest BCUT2D eigenvalue weighted by Gasteiger charge is -2.24. The van der Waals surface area contributed by atoms with Gasteiger partial charge in [-0.3, -0.25) is 0 Å². The zero-order valence-corrected chi connectivity index (χ0v) is 9.82. The van der Waals surface area contributed by atoms with E-state index in [1.807, 2.05) is 6.92 Å². The number of hydrogen-bond donors (Lipinski definition) is 1. The van der Waals surface area contributed by atoms with E-state index in [1.54, 1.807) is 0 Å². The fraction of sp³-hybridized carbons (Fsp3) is 1.00. The van der Waals surface area contributed by atoms with Crippen molar-refractivity contribution in [2.24, 2.45) is 5.92 Å². The fourth-order valence-electron chi connectivity index (χ4n) is 1.66.